The number of nitrogen functional groups attached to an aromatic ring is 1. The fourth-order valence-electron chi connectivity index (χ4n) is 3.25. The zero-order valence-electron chi connectivity index (χ0n) is 13.1. The van der Waals surface area contributed by atoms with Gasteiger partial charge in [0.05, 0.1) is 16.6 Å². The Morgan fingerprint density at radius 2 is 1.64 bits per heavy atom. The summed E-state index contributed by atoms with van der Waals surface area (Å²) < 4.78 is 2.06. The molecule has 0 radical (unpaired) electrons. The van der Waals surface area contributed by atoms with Crippen molar-refractivity contribution in [3.8, 4) is 11.4 Å². The van der Waals surface area contributed by atoms with Crippen LogP contribution in [0.3, 0.4) is 0 Å². The zero-order valence-corrected chi connectivity index (χ0v) is 13.9. The molecule has 5 heteroatoms. The SMILES string of the molecule is Nc1ccccc1-c1nc2ccccc2c2nc3cc(Cl)ccc3n12. The molecule has 3 aromatic carbocycles. The van der Waals surface area contributed by atoms with Gasteiger partial charge in [-0.25, -0.2) is 9.97 Å². The Labute approximate surface area is 148 Å². The lowest BCUT2D eigenvalue weighted by molar-refractivity contribution is 1.16. The lowest BCUT2D eigenvalue weighted by Gasteiger charge is -2.10. The molecule has 0 saturated carbocycles. The van der Waals surface area contributed by atoms with Crippen molar-refractivity contribution in [3.05, 3.63) is 71.8 Å². The molecule has 0 fully saturated rings. The molecule has 5 aromatic rings. The summed E-state index contributed by atoms with van der Waals surface area (Å²) in [6.07, 6.45) is 0. The van der Waals surface area contributed by atoms with E-state index in [1.54, 1.807) is 0 Å². The quantitative estimate of drug-likeness (QED) is 0.438. The average Bonchev–Trinajstić information content (AvgIpc) is 3.00. The number of halogens is 1. The molecule has 0 saturated heterocycles. The highest BCUT2D eigenvalue weighted by atomic mass is 35.5. The number of fused-ring (bicyclic) bond motifs is 5. The van der Waals surface area contributed by atoms with Crippen molar-refractivity contribution in [2.75, 3.05) is 5.73 Å². The molecule has 2 heterocycles. The number of para-hydroxylation sites is 2. The van der Waals surface area contributed by atoms with Crippen LogP contribution in [-0.4, -0.2) is 14.4 Å². The molecule has 4 nitrogen and oxygen atoms in total. The van der Waals surface area contributed by atoms with Crippen LogP contribution in [0, 0.1) is 0 Å². The van der Waals surface area contributed by atoms with Crippen molar-refractivity contribution in [1.29, 1.82) is 0 Å². The van der Waals surface area contributed by atoms with E-state index in [2.05, 4.69) is 4.40 Å². The molecule has 0 amide bonds. The third-order valence-electron chi connectivity index (χ3n) is 4.40. The van der Waals surface area contributed by atoms with Crippen molar-refractivity contribution in [2.24, 2.45) is 0 Å². The highest BCUT2D eigenvalue weighted by molar-refractivity contribution is 6.31. The minimum atomic E-state index is 0.661. The first kappa shape index (κ1) is 14.3. The minimum Gasteiger partial charge on any atom is -0.398 e. The van der Waals surface area contributed by atoms with Gasteiger partial charge in [0.1, 0.15) is 11.5 Å². The molecular weight excluding hydrogens is 332 g/mol. The minimum absolute atomic E-state index is 0.661. The summed E-state index contributed by atoms with van der Waals surface area (Å²) in [5.74, 6) is 0.775. The fraction of sp³-hybridized carbons (Fsp3) is 0. The van der Waals surface area contributed by atoms with Gasteiger partial charge in [-0.2, -0.15) is 0 Å². The molecule has 0 spiro atoms. The maximum Gasteiger partial charge on any atom is 0.149 e. The van der Waals surface area contributed by atoms with Crippen molar-refractivity contribution in [1.82, 2.24) is 14.4 Å². The van der Waals surface area contributed by atoms with E-state index in [1.165, 1.54) is 0 Å². The van der Waals surface area contributed by atoms with Gasteiger partial charge in [-0.1, -0.05) is 35.9 Å². The number of nitrogens with two attached hydrogens (primary N) is 1. The standard InChI is InChI=1S/C20H13ClN4/c21-12-9-10-18-17(11-12)24-20-14-6-2-4-8-16(14)23-19(25(18)20)13-5-1-3-7-15(13)22/h1-11H,22H2. The van der Waals surface area contributed by atoms with Gasteiger partial charge >= 0.3 is 0 Å². The van der Waals surface area contributed by atoms with Crippen LogP contribution in [0.15, 0.2) is 66.7 Å². The van der Waals surface area contributed by atoms with Gasteiger partial charge in [0.25, 0.3) is 0 Å². The second-order valence-corrected chi connectivity index (χ2v) is 6.38. The first-order valence-electron chi connectivity index (χ1n) is 7.94. The molecule has 0 bridgehead atoms. The predicted octanol–water partition coefficient (Wildman–Crippen LogP) is 4.94. The molecule has 0 aliphatic heterocycles. The van der Waals surface area contributed by atoms with E-state index in [1.807, 2.05) is 66.7 Å². The zero-order chi connectivity index (χ0) is 17.0. The molecule has 5 rings (SSSR count). The summed E-state index contributed by atoms with van der Waals surface area (Å²) in [7, 11) is 0. The van der Waals surface area contributed by atoms with E-state index >= 15 is 0 Å². The monoisotopic (exact) mass is 344 g/mol. The number of hydrogen-bond acceptors (Lipinski definition) is 3. The summed E-state index contributed by atoms with van der Waals surface area (Å²) in [5.41, 5.74) is 11.3. The van der Waals surface area contributed by atoms with Crippen LogP contribution in [0.1, 0.15) is 0 Å². The van der Waals surface area contributed by atoms with Crippen molar-refractivity contribution in [2.45, 2.75) is 0 Å². The third kappa shape index (κ3) is 2.08. The Kier molecular flexibility index (Phi) is 2.96. The molecule has 2 N–H and O–H groups in total. The first-order chi connectivity index (χ1) is 12.2. The van der Waals surface area contributed by atoms with Gasteiger partial charge < -0.3 is 5.73 Å². The maximum absolute atomic E-state index is 6.23. The Bertz CT molecular complexity index is 1270. The van der Waals surface area contributed by atoms with Crippen LogP contribution in [0.5, 0.6) is 0 Å². The van der Waals surface area contributed by atoms with Crippen LogP contribution in [-0.2, 0) is 0 Å². The van der Waals surface area contributed by atoms with Gasteiger partial charge in [-0.05, 0) is 42.5 Å². The Morgan fingerprint density at radius 3 is 2.52 bits per heavy atom. The summed E-state index contributed by atoms with van der Waals surface area (Å²) in [5, 5.41) is 1.65. The fourth-order valence-corrected chi connectivity index (χ4v) is 3.42. The van der Waals surface area contributed by atoms with E-state index in [4.69, 9.17) is 27.3 Å². The molecule has 120 valence electrons. The number of hydrogen-bond donors (Lipinski definition) is 1. The Balaban J connectivity index is 2.05. The van der Waals surface area contributed by atoms with Crippen LogP contribution < -0.4 is 5.73 Å². The number of nitrogens with zero attached hydrogens (tertiary/aromatic N) is 3. The van der Waals surface area contributed by atoms with E-state index < -0.39 is 0 Å². The second kappa shape index (κ2) is 5.19. The summed E-state index contributed by atoms with van der Waals surface area (Å²) >= 11 is 6.16. The van der Waals surface area contributed by atoms with Crippen molar-refractivity contribution >= 4 is 44.9 Å². The molecular formula is C20H13ClN4. The summed E-state index contributed by atoms with van der Waals surface area (Å²) in [6.45, 7) is 0. The van der Waals surface area contributed by atoms with Crippen molar-refractivity contribution < 1.29 is 0 Å². The van der Waals surface area contributed by atoms with Crippen LogP contribution in [0.25, 0.3) is 39.0 Å². The van der Waals surface area contributed by atoms with Gasteiger partial charge in [-0.3, -0.25) is 4.40 Å². The van der Waals surface area contributed by atoms with E-state index in [9.17, 15) is 0 Å². The normalized spacial score (nSPS) is 11.6. The maximum atomic E-state index is 6.23. The van der Waals surface area contributed by atoms with Gasteiger partial charge in [0.15, 0.2) is 0 Å². The predicted molar refractivity (Wildman–Crippen MR) is 103 cm³/mol. The number of aromatic nitrogens is 3. The molecule has 25 heavy (non-hydrogen) atoms. The lowest BCUT2D eigenvalue weighted by Crippen LogP contribution is -2.00. The Morgan fingerprint density at radius 1 is 0.840 bits per heavy atom. The lowest BCUT2D eigenvalue weighted by atomic mass is 10.1. The smallest absolute Gasteiger partial charge is 0.149 e. The number of rotatable bonds is 1. The molecule has 0 aliphatic rings. The molecule has 0 atom stereocenters. The molecule has 0 aliphatic carbocycles. The number of anilines is 1. The van der Waals surface area contributed by atoms with Crippen LogP contribution in [0.2, 0.25) is 5.02 Å². The van der Waals surface area contributed by atoms with Gasteiger partial charge in [0.2, 0.25) is 0 Å². The summed E-state index contributed by atoms with van der Waals surface area (Å²) in [6, 6.07) is 21.4. The number of benzene rings is 3. The Hall–Kier alpha value is -3.11. The largest absolute Gasteiger partial charge is 0.398 e. The molecule has 2 aromatic heterocycles. The van der Waals surface area contributed by atoms with Crippen LogP contribution >= 0.6 is 11.6 Å². The van der Waals surface area contributed by atoms with Crippen LogP contribution in [0.4, 0.5) is 5.69 Å². The molecule has 0 unspecified atom stereocenters. The first-order valence-corrected chi connectivity index (χ1v) is 8.31. The third-order valence-corrected chi connectivity index (χ3v) is 4.64. The van der Waals surface area contributed by atoms with Gasteiger partial charge in [0, 0.05) is 21.7 Å². The topological polar surface area (TPSA) is 56.2 Å². The van der Waals surface area contributed by atoms with Gasteiger partial charge in [-0.15, -0.1) is 0 Å². The average molecular weight is 345 g/mol. The summed E-state index contributed by atoms with van der Waals surface area (Å²) in [4.78, 5) is 9.71. The van der Waals surface area contributed by atoms with Crippen molar-refractivity contribution in [3.63, 3.8) is 0 Å². The van der Waals surface area contributed by atoms with E-state index in [0.717, 1.165) is 39.0 Å². The van der Waals surface area contributed by atoms with E-state index in [0.29, 0.717) is 10.7 Å². The number of imidazole rings is 1. The van der Waals surface area contributed by atoms with E-state index in [-0.39, 0.29) is 0 Å². The highest BCUT2D eigenvalue weighted by Gasteiger charge is 2.16. The second-order valence-electron chi connectivity index (χ2n) is 5.94. The highest BCUT2D eigenvalue weighted by Crippen LogP contribution is 2.32.